The zero-order valence-electron chi connectivity index (χ0n) is 8.28. The van der Waals surface area contributed by atoms with E-state index in [-0.39, 0.29) is 18.0 Å². The van der Waals surface area contributed by atoms with Gasteiger partial charge < -0.3 is 15.5 Å². The smallest absolute Gasteiger partial charge is 0.335 e. The second-order valence-corrected chi connectivity index (χ2v) is 3.90. The number of carboxylic acids is 1. The van der Waals surface area contributed by atoms with E-state index in [0.717, 1.165) is 0 Å². The van der Waals surface area contributed by atoms with E-state index in [1.54, 1.807) is 6.07 Å². The van der Waals surface area contributed by atoms with Crippen LogP contribution in [0.1, 0.15) is 10.4 Å². The third-order valence-corrected chi connectivity index (χ3v) is 2.59. The van der Waals surface area contributed by atoms with Crippen molar-refractivity contribution in [1.29, 1.82) is 0 Å². The maximum absolute atomic E-state index is 10.6. The van der Waals surface area contributed by atoms with Crippen LogP contribution in [0, 0.1) is 0 Å². The number of rotatable bonds is 5. The van der Waals surface area contributed by atoms with Crippen molar-refractivity contribution in [2.24, 2.45) is 0 Å². The lowest BCUT2D eigenvalue weighted by Gasteiger charge is -2.11. The highest BCUT2D eigenvalue weighted by molar-refractivity contribution is 6.33. The van der Waals surface area contributed by atoms with Crippen molar-refractivity contribution in [1.82, 2.24) is 0 Å². The Morgan fingerprint density at radius 1 is 1.50 bits per heavy atom. The SMILES string of the molecule is O=C(O)c1ccc(NCC(O)CCl)c(Cl)c1. The number of carboxylic acid groups (broad SMARTS) is 1. The number of nitrogens with one attached hydrogen (secondary N) is 1. The van der Waals surface area contributed by atoms with E-state index in [9.17, 15) is 9.90 Å². The van der Waals surface area contributed by atoms with E-state index < -0.39 is 12.1 Å². The molecule has 0 radical (unpaired) electrons. The molecular weight excluding hydrogens is 253 g/mol. The van der Waals surface area contributed by atoms with Crippen molar-refractivity contribution >= 4 is 34.9 Å². The van der Waals surface area contributed by atoms with Gasteiger partial charge in [-0.25, -0.2) is 4.79 Å². The molecule has 0 aliphatic heterocycles. The van der Waals surface area contributed by atoms with Crippen molar-refractivity contribution in [3.05, 3.63) is 28.8 Å². The average Bonchev–Trinajstić information content (AvgIpc) is 2.26. The van der Waals surface area contributed by atoms with Crippen LogP contribution in [0.4, 0.5) is 5.69 Å². The van der Waals surface area contributed by atoms with E-state index in [0.29, 0.717) is 10.7 Å². The van der Waals surface area contributed by atoms with Gasteiger partial charge >= 0.3 is 5.97 Å². The number of hydrogen-bond donors (Lipinski definition) is 3. The van der Waals surface area contributed by atoms with E-state index in [1.807, 2.05) is 0 Å². The monoisotopic (exact) mass is 263 g/mol. The van der Waals surface area contributed by atoms with Crippen LogP contribution in [0.25, 0.3) is 0 Å². The molecule has 3 N–H and O–H groups in total. The predicted octanol–water partition coefficient (Wildman–Crippen LogP) is 2.05. The summed E-state index contributed by atoms with van der Waals surface area (Å²) in [6.07, 6.45) is -0.670. The standard InChI is InChI=1S/C10H11Cl2NO3/c11-4-7(14)5-13-9-2-1-6(10(15)16)3-8(9)12/h1-3,7,13-14H,4-5H2,(H,15,16). The molecule has 1 atom stereocenters. The number of carbonyl (C=O) groups is 1. The van der Waals surface area contributed by atoms with Gasteiger partial charge in [0.1, 0.15) is 0 Å². The molecule has 0 aliphatic carbocycles. The summed E-state index contributed by atoms with van der Waals surface area (Å²) in [6.45, 7) is 0.260. The Labute approximate surface area is 103 Å². The zero-order chi connectivity index (χ0) is 12.1. The fourth-order valence-electron chi connectivity index (χ4n) is 1.07. The first-order chi connectivity index (χ1) is 7.54. The van der Waals surface area contributed by atoms with Gasteiger partial charge in [0.15, 0.2) is 0 Å². The van der Waals surface area contributed by atoms with Gasteiger partial charge in [-0.2, -0.15) is 0 Å². The molecule has 0 saturated carbocycles. The van der Waals surface area contributed by atoms with Crippen LogP contribution < -0.4 is 5.32 Å². The van der Waals surface area contributed by atoms with Crippen LogP contribution >= 0.6 is 23.2 Å². The minimum absolute atomic E-state index is 0.119. The number of halogens is 2. The number of anilines is 1. The van der Waals surface area contributed by atoms with Gasteiger partial charge in [0.25, 0.3) is 0 Å². The van der Waals surface area contributed by atoms with Crippen molar-refractivity contribution in [2.75, 3.05) is 17.7 Å². The number of aliphatic hydroxyl groups is 1. The van der Waals surface area contributed by atoms with Gasteiger partial charge in [-0.15, -0.1) is 11.6 Å². The van der Waals surface area contributed by atoms with Gasteiger partial charge in [-0.05, 0) is 18.2 Å². The maximum Gasteiger partial charge on any atom is 0.335 e. The Hall–Kier alpha value is -0.970. The molecule has 88 valence electrons. The normalized spacial score (nSPS) is 12.2. The van der Waals surface area contributed by atoms with Crippen LogP contribution in [0.5, 0.6) is 0 Å². The Morgan fingerprint density at radius 3 is 2.69 bits per heavy atom. The fraction of sp³-hybridized carbons (Fsp3) is 0.300. The summed E-state index contributed by atoms with van der Waals surface area (Å²) in [6, 6.07) is 4.33. The van der Waals surface area contributed by atoms with Crippen LogP contribution in [0.15, 0.2) is 18.2 Å². The number of aliphatic hydroxyl groups excluding tert-OH is 1. The molecule has 0 spiro atoms. The highest BCUT2D eigenvalue weighted by Crippen LogP contribution is 2.23. The fourth-order valence-corrected chi connectivity index (χ4v) is 1.43. The molecule has 1 aromatic carbocycles. The van der Waals surface area contributed by atoms with Crippen molar-refractivity contribution < 1.29 is 15.0 Å². The lowest BCUT2D eigenvalue weighted by Crippen LogP contribution is -2.20. The largest absolute Gasteiger partial charge is 0.478 e. The molecule has 0 heterocycles. The van der Waals surface area contributed by atoms with Gasteiger partial charge in [0, 0.05) is 6.54 Å². The highest BCUT2D eigenvalue weighted by Gasteiger charge is 2.08. The van der Waals surface area contributed by atoms with Crippen molar-refractivity contribution in [3.8, 4) is 0 Å². The first-order valence-electron chi connectivity index (χ1n) is 4.55. The first-order valence-corrected chi connectivity index (χ1v) is 5.46. The zero-order valence-corrected chi connectivity index (χ0v) is 9.79. The van der Waals surface area contributed by atoms with E-state index >= 15 is 0 Å². The number of alkyl halides is 1. The van der Waals surface area contributed by atoms with Crippen LogP contribution in [0.3, 0.4) is 0 Å². The molecular formula is C10H11Cl2NO3. The lowest BCUT2D eigenvalue weighted by molar-refractivity contribution is 0.0697. The van der Waals surface area contributed by atoms with Crippen molar-refractivity contribution in [3.63, 3.8) is 0 Å². The van der Waals surface area contributed by atoms with E-state index in [4.69, 9.17) is 28.3 Å². The quantitative estimate of drug-likeness (QED) is 0.712. The molecule has 0 aliphatic rings. The maximum atomic E-state index is 10.6. The molecule has 6 heteroatoms. The molecule has 0 aromatic heterocycles. The second kappa shape index (κ2) is 5.94. The van der Waals surface area contributed by atoms with Crippen LogP contribution in [0.2, 0.25) is 5.02 Å². The summed E-state index contributed by atoms with van der Waals surface area (Å²) >= 11 is 11.3. The average molecular weight is 264 g/mol. The summed E-state index contributed by atoms with van der Waals surface area (Å²) in [5.41, 5.74) is 0.685. The minimum atomic E-state index is -1.03. The molecule has 0 saturated heterocycles. The summed E-state index contributed by atoms with van der Waals surface area (Å²) < 4.78 is 0. The van der Waals surface area contributed by atoms with Crippen LogP contribution in [-0.4, -0.2) is 34.7 Å². The van der Waals surface area contributed by atoms with Gasteiger partial charge in [-0.3, -0.25) is 0 Å². The van der Waals surface area contributed by atoms with Gasteiger partial charge in [0.2, 0.25) is 0 Å². The third kappa shape index (κ3) is 3.56. The molecule has 4 nitrogen and oxygen atoms in total. The predicted molar refractivity (Wildman–Crippen MR) is 63.6 cm³/mol. The molecule has 1 aromatic rings. The second-order valence-electron chi connectivity index (χ2n) is 3.19. The molecule has 1 rings (SSSR count). The van der Waals surface area contributed by atoms with Crippen molar-refractivity contribution in [2.45, 2.75) is 6.10 Å². The van der Waals surface area contributed by atoms with Crippen LogP contribution in [-0.2, 0) is 0 Å². The molecule has 16 heavy (non-hydrogen) atoms. The Kier molecular flexibility index (Phi) is 4.86. The Balaban J connectivity index is 2.72. The summed E-state index contributed by atoms with van der Waals surface area (Å²) in [4.78, 5) is 10.6. The number of hydrogen-bond acceptors (Lipinski definition) is 3. The summed E-state index contributed by atoms with van der Waals surface area (Å²) in [5, 5.41) is 21.1. The third-order valence-electron chi connectivity index (χ3n) is 1.92. The highest BCUT2D eigenvalue weighted by atomic mass is 35.5. The Morgan fingerprint density at radius 2 is 2.19 bits per heavy atom. The summed E-state index contributed by atoms with van der Waals surface area (Å²) in [7, 11) is 0. The lowest BCUT2D eigenvalue weighted by atomic mass is 10.2. The minimum Gasteiger partial charge on any atom is -0.478 e. The van der Waals surface area contributed by atoms with Gasteiger partial charge in [0.05, 0.1) is 28.3 Å². The molecule has 1 unspecified atom stereocenters. The Bertz CT molecular complexity index is 384. The number of aromatic carboxylic acids is 1. The summed E-state index contributed by atoms with van der Waals surface area (Å²) in [5.74, 6) is -0.910. The molecule has 0 bridgehead atoms. The molecule has 0 fully saturated rings. The molecule has 0 amide bonds. The number of benzene rings is 1. The van der Waals surface area contributed by atoms with E-state index in [1.165, 1.54) is 12.1 Å². The van der Waals surface area contributed by atoms with Gasteiger partial charge in [-0.1, -0.05) is 11.6 Å². The topological polar surface area (TPSA) is 69.6 Å². The first kappa shape index (κ1) is 13.1. The van der Waals surface area contributed by atoms with E-state index in [2.05, 4.69) is 5.32 Å².